The smallest absolute Gasteiger partial charge is 0.132 e. The van der Waals surface area contributed by atoms with Gasteiger partial charge in [0.1, 0.15) is 11.6 Å². The van der Waals surface area contributed by atoms with Gasteiger partial charge in [-0.05, 0) is 41.5 Å². The van der Waals surface area contributed by atoms with Gasteiger partial charge in [0, 0.05) is 23.2 Å². The van der Waals surface area contributed by atoms with Crippen molar-refractivity contribution in [2.45, 2.75) is 26.4 Å². The van der Waals surface area contributed by atoms with Crippen LogP contribution in [0, 0.1) is 11.6 Å². The van der Waals surface area contributed by atoms with Crippen LogP contribution in [0.4, 0.5) is 8.78 Å². The van der Waals surface area contributed by atoms with Crippen LogP contribution in [-0.2, 0) is 6.54 Å². The van der Waals surface area contributed by atoms with Crippen molar-refractivity contribution >= 4 is 11.6 Å². The Morgan fingerprint density at radius 2 is 1.80 bits per heavy atom. The molecule has 2 aromatic carbocycles. The van der Waals surface area contributed by atoms with E-state index in [4.69, 9.17) is 11.6 Å². The maximum Gasteiger partial charge on any atom is 0.132 e. The molecule has 1 N–H and O–H groups in total. The largest absolute Gasteiger partial charge is 0.310 e. The van der Waals surface area contributed by atoms with Crippen LogP contribution in [0.1, 0.15) is 19.4 Å². The number of halogens is 3. The van der Waals surface area contributed by atoms with E-state index in [-0.39, 0.29) is 5.82 Å². The lowest BCUT2D eigenvalue weighted by molar-refractivity contribution is 0.586. The maximum atomic E-state index is 14.0. The molecule has 1 nitrogen and oxygen atoms in total. The van der Waals surface area contributed by atoms with E-state index < -0.39 is 5.82 Å². The van der Waals surface area contributed by atoms with Gasteiger partial charge in [0.05, 0.1) is 0 Å². The molecule has 0 aliphatic heterocycles. The lowest BCUT2D eigenvalue weighted by atomic mass is 9.98. The Balaban J connectivity index is 2.45. The molecule has 106 valence electrons. The van der Waals surface area contributed by atoms with Gasteiger partial charge in [0.2, 0.25) is 0 Å². The van der Waals surface area contributed by atoms with Crippen molar-refractivity contribution in [3.05, 3.63) is 58.6 Å². The SMILES string of the molecule is CC(C)NCc1ccc(F)cc1-c1ccc(Cl)cc1F. The standard InChI is InChI=1S/C16H16ClF2N/c1-10(2)20-9-11-3-5-13(18)8-15(11)14-6-4-12(17)7-16(14)19/h3-8,10,20H,9H2,1-2H3. The molecule has 2 aromatic rings. The second-order valence-electron chi connectivity index (χ2n) is 4.96. The lowest BCUT2D eigenvalue weighted by Crippen LogP contribution is -2.22. The molecule has 0 aliphatic rings. The first-order chi connectivity index (χ1) is 9.47. The van der Waals surface area contributed by atoms with Crippen LogP contribution >= 0.6 is 11.6 Å². The fourth-order valence-electron chi connectivity index (χ4n) is 1.98. The summed E-state index contributed by atoms with van der Waals surface area (Å²) in [4.78, 5) is 0. The quantitative estimate of drug-likeness (QED) is 0.855. The van der Waals surface area contributed by atoms with Crippen LogP contribution in [0.25, 0.3) is 11.1 Å². The summed E-state index contributed by atoms with van der Waals surface area (Å²) in [6, 6.07) is 9.12. The molecule has 0 radical (unpaired) electrons. The molecule has 0 saturated heterocycles. The van der Waals surface area contributed by atoms with E-state index in [9.17, 15) is 8.78 Å². The monoisotopic (exact) mass is 295 g/mol. The summed E-state index contributed by atoms with van der Waals surface area (Å²) < 4.78 is 27.5. The summed E-state index contributed by atoms with van der Waals surface area (Å²) in [5.74, 6) is -0.837. The third-order valence-electron chi connectivity index (χ3n) is 2.99. The zero-order valence-corrected chi connectivity index (χ0v) is 12.1. The molecule has 0 aromatic heterocycles. The van der Waals surface area contributed by atoms with Gasteiger partial charge >= 0.3 is 0 Å². The summed E-state index contributed by atoms with van der Waals surface area (Å²) in [7, 11) is 0. The Bertz CT molecular complexity index is 611. The van der Waals surface area contributed by atoms with Crippen LogP contribution in [0.15, 0.2) is 36.4 Å². The molecular formula is C16H16ClF2N. The van der Waals surface area contributed by atoms with Crippen LogP contribution < -0.4 is 5.32 Å². The van der Waals surface area contributed by atoms with Crippen molar-refractivity contribution in [3.63, 3.8) is 0 Å². The zero-order chi connectivity index (χ0) is 14.7. The summed E-state index contributed by atoms with van der Waals surface area (Å²) in [5, 5.41) is 3.57. The van der Waals surface area contributed by atoms with Crippen molar-refractivity contribution in [1.29, 1.82) is 0 Å². The molecule has 2 rings (SSSR count). The number of nitrogens with one attached hydrogen (secondary N) is 1. The molecule has 0 aliphatic carbocycles. The number of hydrogen-bond donors (Lipinski definition) is 1. The fraction of sp³-hybridized carbons (Fsp3) is 0.250. The van der Waals surface area contributed by atoms with Crippen molar-refractivity contribution in [1.82, 2.24) is 5.32 Å². The Labute approximate surface area is 122 Å². The molecule has 0 spiro atoms. The van der Waals surface area contributed by atoms with E-state index in [1.165, 1.54) is 18.2 Å². The Kier molecular flexibility index (Phi) is 4.73. The van der Waals surface area contributed by atoms with Gasteiger partial charge in [-0.25, -0.2) is 8.78 Å². The molecule has 0 fully saturated rings. The van der Waals surface area contributed by atoms with Crippen molar-refractivity contribution < 1.29 is 8.78 Å². The van der Waals surface area contributed by atoms with E-state index in [0.717, 1.165) is 5.56 Å². The molecule has 0 saturated carbocycles. The highest BCUT2D eigenvalue weighted by Gasteiger charge is 2.12. The number of hydrogen-bond acceptors (Lipinski definition) is 1. The molecule has 0 amide bonds. The first kappa shape index (κ1) is 14.9. The lowest BCUT2D eigenvalue weighted by Gasteiger charge is -2.14. The number of rotatable bonds is 4. The van der Waals surface area contributed by atoms with E-state index in [1.54, 1.807) is 18.2 Å². The Morgan fingerprint density at radius 3 is 2.45 bits per heavy atom. The minimum Gasteiger partial charge on any atom is -0.310 e. The number of benzene rings is 2. The van der Waals surface area contributed by atoms with E-state index in [0.29, 0.717) is 28.7 Å². The zero-order valence-electron chi connectivity index (χ0n) is 11.4. The molecule has 0 atom stereocenters. The van der Waals surface area contributed by atoms with E-state index >= 15 is 0 Å². The molecular weight excluding hydrogens is 280 g/mol. The molecule has 0 unspecified atom stereocenters. The average Bonchev–Trinajstić information content (AvgIpc) is 2.37. The second-order valence-corrected chi connectivity index (χ2v) is 5.40. The van der Waals surface area contributed by atoms with Crippen LogP contribution in [-0.4, -0.2) is 6.04 Å². The second kappa shape index (κ2) is 6.33. The van der Waals surface area contributed by atoms with Crippen molar-refractivity contribution in [3.8, 4) is 11.1 Å². The summed E-state index contributed by atoms with van der Waals surface area (Å²) in [5.41, 5.74) is 1.75. The highest BCUT2D eigenvalue weighted by molar-refractivity contribution is 6.30. The van der Waals surface area contributed by atoms with Gasteiger partial charge in [0.15, 0.2) is 0 Å². The molecule has 0 heterocycles. The fourth-order valence-corrected chi connectivity index (χ4v) is 2.13. The first-order valence-corrected chi connectivity index (χ1v) is 6.82. The average molecular weight is 296 g/mol. The molecule has 0 bridgehead atoms. The van der Waals surface area contributed by atoms with Crippen LogP contribution in [0.3, 0.4) is 0 Å². The summed E-state index contributed by atoms with van der Waals surface area (Å²) >= 11 is 5.75. The minimum absolute atomic E-state index is 0.294. The minimum atomic E-state index is -0.450. The topological polar surface area (TPSA) is 12.0 Å². The van der Waals surface area contributed by atoms with E-state index in [1.807, 2.05) is 13.8 Å². The van der Waals surface area contributed by atoms with Crippen LogP contribution in [0.2, 0.25) is 5.02 Å². The van der Waals surface area contributed by atoms with Crippen molar-refractivity contribution in [2.75, 3.05) is 0 Å². The van der Waals surface area contributed by atoms with Gasteiger partial charge in [-0.2, -0.15) is 0 Å². The summed E-state index contributed by atoms with van der Waals surface area (Å²) in [6.07, 6.45) is 0. The predicted molar refractivity (Wildman–Crippen MR) is 78.8 cm³/mol. The van der Waals surface area contributed by atoms with E-state index in [2.05, 4.69) is 5.32 Å². The highest BCUT2D eigenvalue weighted by Crippen LogP contribution is 2.29. The molecule has 20 heavy (non-hydrogen) atoms. The highest BCUT2D eigenvalue weighted by atomic mass is 35.5. The summed E-state index contributed by atoms with van der Waals surface area (Å²) in [6.45, 7) is 4.59. The normalized spacial score (nSPS) is 11.1. The van der Waals surface area contributed by atoms with Gasteiger partial charge in [0.25, 0.3) is 0 Å². The van der Waals surface area contributed by atoms with Gasteiger partial charge < -0.3 is 5.32 Å². The molecule has 4 heteroatoms. The Hall–Kier alpha value is -1.45. The van der Waals surface area contributed by atoms with Crippen molar-refractivity contribution in [2.24, 2.45) is 0 Å². The van der Waals surface area contributed by atoms with Crippen LogP contribution in [0.5, 0.6) is 0 Å². The maximum absolute atomic E-state index is 14.0. The third-order valence-corrected chi connectivity index (χ3v) is 3.23. The predicted octanol–water partition coefficient (Wildman–Crippen LogP) is 4.78. The Morgan fingerprint density at radius 1 is 1.05 bits per heavy atom. The first-order valence-electron chi connectivity index (χ1n) is 6.44. The van der Waals surface area contributed by atoms with Gasteiger partial charge in [-0.3, -0.25) is 0 Å². The van der Waals surface area contributed by atoms with Gasteiger partial charge in [-0.1, -0.05) is 31.5 Å². The third kappa shape index (κ3) is 3.56. The van der Waals surface area contributed by atoms with Gasteiger partial charge in [-0.15, -0.1) is 0 Å².